The quantitative estimate of drug-likeness (QED) is 0.428. The second kappa shape index (κ2) is 6.05. The molecule has 27 heavy (non-hydrogen) atoms. The molecule has 1 aromatic heterocycles. The first-order valence-electron chi connectivity index (χ1n) is 8.05. The van der Waals surface area contributed by atoms with E-state index in [1.54, 1.807) is 6.07 Å². The Morgan fingerprint density at radius 2 is 1.67 bits per heavy atom. The van der Waals surface area contributed by atoms with Crippen molar-refractivity contribution in [2.45, 2.75) is 6.18 Å². The second-order valence-electron chi connectivity index (χ2n) is 6.12. The number of benzene rings is 3. The molecule has 3 N–H and O–H groups in total. The van der Waals surface area contributed by atoms with Gasteiger partial charge in [-0.25, -0.2) is 4.79 Å². The third kappa shape index (κ3) is 3.08. The molecule has 7 heteroatoms. The van der Waals surface area contributed by atoms with Crippen molar-refractivity contribution in [3.8, 4) is 0 Å². The molecule has 0 amide bonds. The average Bonchev–Trinajstić information content (AvgIpc) is 2.99. The van der Waals surface area contributed by atoms with Gasteiger partial charge in [0.2, 0.25) is 0 Å². The highest BCUT2D eigenvalue weighted by Gasteiger charge is 2.31. The van der Waals surface area contributed by atoms with Gasteiger partial charge in [0.25, 0.3) is 0 Å². The number of aromatic nitrogens is 1. The number of alkyl halides is 3. The Hall–Kier alpha value is -3.48. The molecule has 0 unspecified atom stereocenters. The van der Waals surface area contributed by atoms with Crippen LogP contribution in [0.1, 0.15) is 15.9 Å². The topological polar surface area (TPSA) is 65.1 Å². The monoisotopic (exact) mass is 370 g/mol. The van der Waals surface area contributed by atoms with Crippen molar-refractivity contribution < 1.29 is 23.1 Å². The number of aromatic amines is 1. The molecule has 0 fully saturated rings. The van der Waals surface area contributed by atoms with Crippen molar-refractivity contribution in [1.82, 2.24) is 4.98 Å². The number of H-pyrrole nitrogens is 1. The summed E-state index contributed by atoms with van der Waals surface area (Å²) in [5, 5.41) is 14.2. The van der Waals surface area contributed by atoms with Crippen molar-refractivity contribution in [1.29, 1.82) is 0 Å². The number of anilines is 2. The van der Waals surface area contributed by atoms with Crippen LogP contribution in [0.4, 0.5) is 24.5 Å². The van der Waals surface area contributed by atoms with Crippen LogP contribution in [0.15, 0.2) is 60.7 Å². The second-order valence-corrected chi connectivity index (χ2v) is 6.12. The predicted molar refractivity (Wildman–Crippen MR) is 97.5 cm³/mol. The van der Waals surface area contributed by atoms with E-state index in [1.807, 2.05) is 36.4 Å². The fourth-order valence-corrected chi connectivity index (χ4v) is 3.09. The van der Waals surface area contributed by atoms with Crippen molar-refractivity contribution in [2.24, 2.45) is 0 Å². The number of hydrogen-bond acceptors (Lipinski definition) is 2. The van der Waals surface area contributed by atoms with E-state index in [-0.39, 0.29) is 5.69 Å². The summed E-state index contributed by atoms with van der Waals surface area (Å²) in [7, 11) is 0. The highest BCUT2D eigenvalue weighted by Crippen LogP contribution is 2.34. The molecule has 1 heterocycles. The normalized spacial score (nSPS) is 11.8. The first-order chi connectivity index (χ1) is 12.8. The number of carboxylic acids is 1. The first kappa shape index (κ1) is 17.0. The van der Waals surface area contributed by atoms with Crippen LogP contribution in [-0.4, -0.2) is 16.1 Å². The zero-order valence-corrected chi connectivity index (χ0v) is 13.8. The van der Waals surface area contributed by atoms with Gasteiger partial charge in [-0.05, 0) is 42.5 Å². The van der Waals surface area contributed by atoms with Gasteiger partial charge in [-0.15, -0.1) is 0 Å². The molecule has 0 aliphatic heterocycles. The Kier molecular flexibility index (Phi) is 3.80. The van der Waals surface area contributed by atoms with Gasteiger partial charge in [0, 0.05) is 27.5 Å². The van der Waals surface area contributed by atoms with E-state index in [9.17, 15) is 23.1 Å². The summed E-state index contributed by atoms with van der Waals surface area (Å²) in [5.41, 5.74) is 1.10. The predicted octanol–water partition coefficient (Wildman–Crippen LogP) is 5.78. The lowest BCUT2D eigenvalue weighted by molar-refractivity contribution is -0.137. The number of aromatic carboxylic acids is 1. The minimum Gasteiger partial charge on any atom is -0.478 e. The van der Waals surface area contributed by atoms with Crippen LogP contribution in [0, 0.1) is 0 Å². The lowest BCUT2D eigenvalue weighted by Crippen LogP contribution is -2.09. The number of rotatable bonds is 3. The largest absolute Gasteiger partial charge is 0.478 e. The Balaban J connectivity index is 1.77. The zero-order valence-electron chi connectivity index (χ0n) is 13.8. The standard InChI is InChI=1S/C20H13F3N2O2/c21-20(22,23)11-5-7-18(15(9-11)19(26)27)24-12-6-8-17-14(10-12)13-3-1-2-4-16(13)25-17/h1-10,24-25H,(H,26,27). The Bertz CT molecular complexity index is 1180. The summed E-state index contributed by atoms with van der Waals surface area (Å²) in [6.45, 7) is 0. The van der Waals surface area contributed by atoms with Gasteiger partial charge in [0.05, 0.1) is 16.8 Å². The van der Waals surface area contributed by atoms with Crippen molar-refractivity contribution in [2.75, 3.05) is 5.32 Å². The lowest BCUT2D eigenvalue weighted by atomic mass is 10.1. The highest BCUT2D eigenvalue weighted by molar-refractivity contribution is 6.08. The third-order valence-electron chi connectivity index (χ3n) is 4.36. The van der Waals surface area contributed by atoms with Gasteiger partial charge in [-0.3, -0.25) is 0 Å². The van der Waals surface area contributed by atoms with Gasteiger partial charge in [0.15, 0.2) is 0 Å². The van der Waals surface area contributed by atoms with Crippen molar-refractivity contribution in [3.63, 3.8) is 0 Å². The fourth-order valence-electron chi connectivity index (χ4n) is 3.09. The molecule has 0 saturated carbocycles. The smallest absolute Gasteiger partial charge is 0.416 e. The number of carboxylic acid groups (broad SMARTS) is 1. The molecule has 0 radical (unpaired) electrons. The maximum Gasteiger partial charge on any atom is 0.416 e. The van der Waals surface area contributed by atoms with E-state index in [0.29, 0.717) is 11.8 Å². The molecule has 0 saturated heterocycles. The van der Waals surface area contributed by atoms with E-state index in [2.05, 4.69) is 10.3 Å². The molecule has 0 bridgehead atoms. The molecule has 4 aromatic rings. The van der Waals surface area contributed by atoms with Crippen LogP contribution in [-0.2, 0) is 6.18 Å². The van der Waals surface area contributed by atoms with Crippen LogP contribution in [0.3, 0.4) is 0 Å². The summed E-state index contributed by atoms with van der Waals surface area (Å²) < 4.78 is 38.6. The highest BCUT2D eigenvalue weighted by atomic mass is 19.4. The van der Waals surface area contributed by atoms with Gasteiger partial charge >= 0.3 is 12.1 Å². The fraction of sp³-hybridized carbons (Fsp3) is 0.0500. The summed E-state index contributed by atoms with van der Waals surface area (Å²) in [6.07, 6.45) is -4.61. The number of nitrogens with one attached hydrogen (secondary N) is 2. The lowest BCUT2D eigenvalue weighted by Gasteiger charge is -2.13. The number of fused-ring (bicyclic) bond motifs is 3. The minimum atomic E-state index is -4.61. The van der Waals surface area contributed by atoms with Crippen LogP contribution >= 0.6 is 0 Å². The van der Waals surface area contributed by atoms with E-state index >= 15 is 0 Å². The minimum absolute atomic E-state index is 0.0923. The zero-order chi connectivity index (χ0) is 19.2. The van der Waals surface area contributed by atoms with Crippen molar-refractivity contribution in [3.05, 3.63) is 71.8 Å². The molecule has 3 aromatic carbocycles. The molecule has 0 aliphatic rings. The maximum absolute atomic E-state index is 12.9. The van der Waals surface area contributed by atoms with E-state index < -0.39 is 23.3 Å². The molecule has 0 aliphatic carbocycles. The van der Waals surface area contributed by atoms with Crippen LogP contribution < -0.4 is 5.32 Å². The number of halogens is 3. The first-order valence-corrected chi connectivity index (χ1v) is 8.05. The van der Waals surface area contributed by atoms with Gasteiger partial charge < -0.3 is 15.4 Å². The molecular formula is C20H13F3N2O2. The van der Waals surface area contributed by atoms with Crippen LogP contribution in [0.25, 0.3) is 21.8 Å². The molecule has 136 valence electrons. The Morgan fingerprint density at radius 1 is 0.926 bits per heavy atom. The molecular weight excluding hydrogens is 357 g/mol. The number of hydrogen-bond donors (Lipinski definition) is 3. The number of para-hydroxylation sites is 1. The molecule has 0 atom stereocenters. The molecule has 4 nitrogen and oxygen atoms in total. The Labute approximate surface area is 151 Å². The van der Waals surface area contributed by atoms with E-state index in [4.69, 9.17) is 0 Å². The van der Waals surface area contributed by atoms with Crippen LogP contribution in [0.5, 0.6) is 0 Å². The van der Waals surface area contributed by atoms with Crippen LogP contribution in [0.2, 0.25) is 0 Å². The summed E-state index contributed by atoms with van der Waals surface area (Å²) in [4.78, 5) is 14.7. The van der Waals surface area contributed by atoms with Gasteiger partial charge in [0.1, 0.15) is 0 Å². The van der Waals surface area contributed by atoms with Crippen molar-refractivity contribution >= 4 is 39.1 Å². The van der Waals surface area contributed by atoms with E-state index in [1.165, 1.54) is 0 Å². The summed E-state index contributed by atoms with van der Waals surface area (Å²) in [5.74, 6) is -1.43. The molecule has 0 spiro atoms. The SMILES string of the molecule is O=C(O)c1cc(C(F)(F)F)ccc1Nc1ccc2[nH]c3ccccc3c2c1. The summed E-state index contributed by atoms with van der Waals surface area (Å²) in [6, 6.07) is 15.8. The van der Waals surface area contributed by atoms with E-state index in [0.717, 1.165) is 33.9 Å². The third-order valence-corrected chi connectivity index (χ3v) is 4.36. The average molecular weight is 370 g/mol. The summed E-state index contributed by atoms with van der Waals surface area (Å²) >= 11 is 0. The van der Waals surface area contributed by atoms with Gasteiger partial charge in [-0.1, -0.05) is 18.2 Å². The van der Waals surface area contributed by atoms with Gasteiger partial charge in [-0.2, -0.15) is 13.2 Å². The molecule has 4 rings (SSSR count). The number of carbonyl (C=O) groups is 1. The maximum atomic E-state index is 12.9. The Morgan fingerprint density at radius 3 is 2.41 bits per heavy atom.